The third-order valence-corrected chi connectivity index (χ3v) is 5.13. The number of nitrogens with zero attached hydrogens (tertiary/aromatic N) is 1. The maximum Gasteiger partial charge on any atom is 0.258 e. The van der Waals surface area contributed by atoms with Crippen molar-refractivity contribution >= 4 is 5.91 Å². The van der Waals surface area contributed by atoms with E-state index in [4.69, 9.17) is 9.47 Å². The van der Waals surface area contributed by atoms with Gasteiger partial charge in [-0.2, -0.15) is 0 Å². The van der Waals surface area contributed by atoms with Crippen LogP contribution in [0.3, 0.4) is 0 Å². The van der Waals surface area contributed by atoms with Crippen LogP contribution in [0.25, 0.3) is 0 Å². The highest BCUT2D eigenvalue weighted by Gasteiger charge is 2.24. The van der Waals surface area contributed by atoms with Crippen LogP contribution < -0.4 is 14.8 Å². The van der Waals surface area contributed by atoms with Crippen LogP contribution in [-0.4, -0.2) is 29.6 Å². The van der Waals surface area contributed by atoms with E-state index in [2.05, 4.69) is 24.1 Å². The maximum absolute atomic E-state index is 12.2. The highest BCUT2D eigenvalue weighted by atomic mass is 16.5. The predicted octanol–water partition coefficient (Wildman–Crippen LogP) is 4.40. The monoisotopic (exact) mass is 382 g/mol. The fourth-order valence-electron chi connectivity index (χ4n) is 3.39. The predicted molar refractivity (Wildman–Crippen MR) is 110 cm³/mol. The molecule has 0 spiro atoms. The minimum atomic E-state index is -0.0718. The quantitative estimate of drug-likeness (QED) is 0.771. The minimum absolute atomic E-state index is 0.0464. The number of aromatic nitrogens is 1. The third-order valence-electron chi connectivity index (χ3n) is 5.13. The van der Waals surface area contributed by atoms with Crippen LogP contribution in [0.5, 0.6) is 11.6 Å². The highest BCUT2D eigenvalue weighted by Crippen LogP contribution is 2.23. The van der Waals surface area contributed by atoms with Gasteiger partial charge in [0.15, 0.2) is 6.61 Å². The number of carbonyl (C=O) groups excluding carboxylic acids is 1. The average Bonchev–Trinajstić information content (AvgIpc) is 2.70. The lowest BCUT2D eigenvalue weighted by molar-refractivity contribution is -0.124. The first kappa shape index (κ1) is 20.2. The molecule has 1 aromatic heterocycles. The zero-order valence-corrected chi connectivity index (χ0v) is 17.0. The Kier molecular flexibility index (Phi) is 6.90. The van der Waals surface area contributed by atoms with Crippen molar-refractivity contribution < 1.29 is 14.3 Å². The Morgan fingerprint density at radius 1 is 1.11 bits per heavy atom. The number of benzene rings is 1. The van der Waals surface area contributed by atoms with Crippen molar-refractivity contribution in [3.05, 3.63) is 53.7 Å². The molecule has 0 saturated heterocycles. The Morgan fingerprint density at radius 2 is 1.82 bits per heavy atom. The first-order valence-corrected chi connectivity index (χ1v) is 10.1. The van der Waals surface area contributed by atoms with E-state index in [1.54, 1.807) is 0 Å². The summed E-state index contributed by atoms with van der Waals surface area (Å²) < 4.78 is 11.6. The lowest BCUT2D eigenvalue weighted by Gasteiger charge is -2.29. The van der Waals surface area contributed by atoms with Gasteiger partial charge in [0.05, 0.1) is 0 Å². The molecule has 2 aromatic rings. The molecule has 5 nitrogen and oxygen atoms in total. The van der Waals surface area contributed by atoms with E-state index >= 15 is 0 Å². The van der Waals surface area contributed by atoms with Crippen molar-refractivity contribution in [2.45, 2.75) is 64.5 Å². The summed E-state index contributed by atoms with van der Waals surface area (Å²) >= 11 is 0. The number of hydrogen-bond donors (Lipinski definition) is 1. The largest absolute Gasteiger partial charge is 0.484 e. The minimum Gasteiger partial charge on any atom is -0.484 e. The molecular weight excluding hydrogens is 352 g/mol. The Hall–Kier alpha value is -2.56. The molecule has 0 bridgehead atoms. The van der Waals surface area contributed by atoms with Crippen molar-refractivity contribution in [3.63, 3.8) is 0 Å². The van der Waals surface area contributed by atoms with E-state index in [0.717, 1.165) is 37.0 Å². The fraction of sp³-hybridized carbons (Fsp3) is 0.478. The molecular formula is C23H30N2O3. The number of pyridine rings is 1. The lowest BCUT2D eigenvalue weighted by Crippen LogP contribution is -2.41. The second-order valence-electron chi connectivity index (χ2n) is 7.85. The van der Waals surface area contributed by atoms with Crippen molar-refractivity contribution in [2.24, 2.45) is 0 Å². The SMILES string of the molecule is Cc1ccc(OC2CCC(NC(=O)COc3ccc(C(C)C)cc3)CC2)nc1. The second-order valence-corrected chi connectivity index (χ2v) is 7.85. The van der Waals surface area contributed by atoms with Gasteiger partial charge in [0.1, 0.15) is 11.9 Å². The molecule has 1 saturated carbocycles. The molecule has 1 amide bonds. The van der Waals surface area contributed by atoms with Crippen LogP contribution in [-0.2, 0) is 4.79 Å². The van der Waals surface area contributed by atoms with Crippen molar-refractivity contribution in [3.8, 4) is 11.6 Å². The van der Waals surface area contributed by atoms with Crippen molar-refractivity contribution in [1.29, 1.82) is 0 Å². The fourth-order valence-corrected chi connectivity index (χ4v) is 3.39. The molecule has 1 aliphatic carbocycles. The number of nitrogens with one attached hydrogen (secondary N) is 1. The second kappa shape index (κ2) is 9.58. The molecule has 1 aliphatic rings. The van der Waals surface area contributed by atoms with E-state index in [9.17, 15) is 4.79 Å². The molecule has 28 heavy (non-hydrogen) atoms. The first-order chi connectivity index (χ1) is 13.5. The summed E-state index contributed by atoms with van der Waals surface area (Å²) in [5.74, 6) is 1.81. The van der Waals surface area contributed by atoms with Crippen LogP contribution in [0.4, 0.5) is 0 Å². The smallest absolute Gasteiger partial charge is 0.258 e. The molecule has 1 heterocycles. The Bertz CT molecular complexity index is 748. The van der Waals surface area contributed by atoms with Crippen LogP contribution in [0.1, 0.15) is 56.6 Å². The summed E-state index contributed by atoms with van der Waals surface area (Å²) in [4.78, 5) is 16.5. The van der Waals surface area contributed by atoms with Gasteiger partial charge in [0.25, 0.3) is 5.91 Å². The van der Waals surface area contributed by atoms with Gasteiger partial charge in [-0.1, -0.05) is 32.0 Å². The molecule has 0 aliphatic heterocycles. The van der Waals surface area contributed by atoms with Crippen LogP contribution in [0, 0.1) is 6.92 Å². The Balaban J connectivity index is 1.37. The number of rotatable bonds is 7. The zero-order valence-electron chi connectivity index (χ0n) is 17.0. The lowest BCUT2D eigenvalue weighted by atomic mass is 9.93. The van der Waals surface area contributed by atoms with E-state index in [1.807, 2.05) is 49.5 Å². The van der Waals surface area contributed by atoms with Crippen molar-refractivity contribution in [2.75, 3.05) is 6.61 Å². The number of aryl methyl sites for hydroxylation is 1. The molecule has 0 unspecified atom stereocenters. The average molecular weight is 383 g/mol. The molecule has 1 aromatic carbocycles. The van der Waals surface area contributed by atoms with Crippen LogP contribution in [0.15, 0.2) is 42.6 Å². The van der Waals surface area contributed by atoms with Gasteiger partial charge in [-0.05, 0) is 61.8 Å². The number of carbonyl (C=O) groups is 1. The normalized spacial score (nSPS) is 19.3. The van der Waals surface area contributed by atoms with E-state index in [1.165, 1.54) is 5.56 Å². The first-order valence-electron chi connectivity index (χ1n) is 10.1. The van der Waals surface area contributed by atoms with E-state index in [0.29, 0.717) is 11.8 Å². The van der Waals surface area contributed by atoms with Crippen LogP contribution in [0.2, 0.25) is 0 Å². The van der Waals surface area contributed by atoms with Gasteiger partial charge in [0.2, 0.25) is 5.88 Å². The summed E-state index contributed by atoms with van der Waals surface area (Å²) in [7, 11) is 0. The van der Waals surface area contributed by atoms with Crippen molar-refractivity contribution in [1.82, 2.24) is 10.3 Å². The van der Waals surface area contributed by atoms with E-state index < -0.39 is 0 Å². The van der Waals surface area contributed by atoms with Gasteiger partial charge in [-0.25, -0.2) is 4.98 Å². The number of hydrogen-bond acceptors (Lipinski definition) is 4. The number of amides is 1. The Morgan fingerprint density at radius 3 is 2.43 bits per heavy atom. The van der Waals surface area contributed by atoms with E-state index in [-0.39, 0.29) is 24.7 Å². The van der Waals surface area contributed by atoms with Gasteiger partial charge in [-0.3, -0.25) is 4.79 Å². The summed E-state index contributed by atoms with van der Waals surface area (Å²) in [5.41, 5.74) is 2.38. The highest BCUT2D eigenvalue weighted by molar-refractivity contribution is 5.77. The van der Waals surface area contributed by atoms with Gasteiger partial charge < -0.3 is 14.8 Å². The van der Waals surface area contributed by atoms with Gasteiger partial charge in [0, 0.05) is 18.3 Å². The molecule has 5 heteroatoms. The molecule has 0 atom stereocenters. The molecule has 3 rings (SSSR count). The maximum atomic E-state index is 12.2. The summed E-state index contributed by atoms with van der Waals surface area (Å²) in [6.45, 7) is 6.36. The molecule has 150 valence electrons. The Labute approximate surface area is 167 Å². The topological polar surface area (TPSA) is 60.5 Å². The zero-order chi connectivity index (χ0) is 19.9. The van der Waals surface area contributed by atoms with Crippen LogP contribution >= 0.6 is 0 Å². The molecule has 1 fully saturated rings. The standard InChI is InChI=1S/C23H30N2O3/c1-16(2)18-5-9-20(10-6-18)27-15-22(26)25-19-7-11-21(12-8-19)28-23-13-4-17(3)14-24-23/h4-6,9-10,13-14,16,19,21H,7-8,11-12,15H2,1-3H3,(H,25,26). The number of ether oxygens (including phenoxy) is 2. The molecule has 0 radical (unpaired) electrons. The van der Waals surface area contributed by atoms with Gasteiger partial charge >= 0.3 is 0 Å². The van der Waals surface area contributed by atoms with Gasteiger partial charge in [-0.15, -0.1) is 0 Å². The summed E-state index contributed by atoms with van der Waals surface area (Å²) in [6.07, 6.45) is 5.63. The molecule has 1 N–H and O–H groups in total. The third kappa shape index (κ3) is 5.98. The summed E-state index contributed by atoms with van der Waals surface area (Å²) in [5, 5.41) is 3.08. The summed E-state index contributed by atoms with van der Waals surface area (Å²) in [6, 6.07) is 12.0.